The lowest BCUT2D eigenvalue weighted by molar-refractivity contribution is 0.107. The van der Waals surface area contributed by atoms with Crippen LogP contribution in [0.4, 0.5) is 0 Å². The molecule has 94 valence electrons. The van der Waals surface area contributed by atoms with E-state index in [0.717, 1.165) is 32.7 Å². The van der Waals surface area contributed by atoms with Gasteiger partial charge >= 0.3 is 0 Å². The molecule has 0 aromatic carbocycles. The van der Waals surface area contributed by atoms with Crippen molar-refractivity contribution >= 4 is 0 Å². The Morgan fingerprint density at radius 1 is 1.56 bits per heavy atom. The highest BCUT2D eigenvalue weighted by molar-refractivity contribution is 5.03. The second-order valence-corrected chi connectivity index (χ2v) is 4.72. The fourth-order valence-electron chi connectivity index (χ4n) is 1.75. The molecule has 0 aromatic rings. The van der Waals surface area contributed by atoms with Gasteiger partial charge in [-0.25, -0.2) is 0 Å². The van der Waals surface area contributed by atoms with E-state index in [4.69, 9.17) is 4.74 Å². The lowest BCUT2D eigenvalue weighted by atomic mass is 10.1. The third kappa shape index (κ3) is 5.64. The zero-order valence-electron chi connectivity index (χ0n) is 11.0. The number of rotatable bonds is 7. The molecule has 0 aromatic heterocycles. The van der Waals surface area contributed by atoms with E-state index >= 15 is 0 Å². The van der Waals surface area contributed by atoms with Gasteiger partial charge < -0.3 is 10.1 Å². The van der Waals surface area contributed by atoms with Crippen LogP contribution in [-0.2, 0) is 4.74 Å². The van der Waals surface area contributed by atoms with Crippen molar-refractivity contribution in [3.05, 3.63) is 11.6 Å². The first-order chi connectivity index (χ1) is 7.72. The van der Waals surface area contributed by atoms with Crippen molar-refractivity contribution in [3.63, 3.8) is 0 Å². The SMILES string of the molecule is CNC(C)COCCCN1CC=C(C)CC1. The van der Waals surface area contributed by atoms with Crippen LogP contribution in [0.15, 0.2) is 11.6 Å². The van der Waals surface area contributed by atoms with Gasteiger partial charge in [-0.3, -0.25) is 4.90 Å². The second kappa shape index (κ2) is 7.82. The minimum absolute atomic E-state index is 0.459. The maximum atomic E-state index is 5.59. The zero-order valence-corrected chi connectivity index (χ0v) is 11.0. The summed E-state index contributed by atoms with van der Waals surface area (Å²) in [7, 11) is 1.97. The molecule has 1 atom stereocenters. The van der Waals surface area contributed by atoms with Gasteiger partial charge in [0, 0.05) is 32.3 Å². The van der Waals surface area contributed by atoms with Crippen LogP contribution in [0.25, 0.3) is 0 Å². The Labute approximate surface area is 99.8 Å². The van der Waals surface area contributed by atoms with Gasteiger partial charge in [-0.1, -0.05) is 11.6 Å². The van der Waals surface area contributed by atoms with E-state index in [9.17, 15) is 0 Å². The molecule has 1 heterocycles. The Morgan fingerprint density at radius 3 is 3.00 bits per heavy atom. The lowest BCUT2D eigenvalue weighted by Crippen LogP contribution is -2.31. The molecular formula is C13H26N2O. The van der Waals surface area contributed by atoms with Crippen LogP contribution in [-0.4, -0.2) is 50.8 Å². The average molecular weight is 226 g/mol. The number of hydrogen-bond acceptors (Lipinski definition) is 3. The highest BCUT2D eigenvalue weighted by Crippen LogP contribution is 2.09. The quantitative estimate of drug-likeness (QED) is 0.528. The number of likely N-dealkylation sites (N-methyl/N-ethyl adjacent to an activating group) is 1. The molecule has 0 spiro atoms. The average Bonchev–Trinajstić information content (AvgIpc) is 2.31. The van der Waals surface area contributed by atoms with Crippen molar-refractivity contribution < 1.29 is 4.74 Å². The molecule has 1 aliphatic heterocycles. The smallest absolute Gasteiger partial charge is 0.0616 e. The largest absolute Gasteiger partial charge is 0.380 e. The van der Waals surface area contributed by atoms with Crippen LogP contribution in [0.5, 0.6) is 0 Å². The van der Waals surface area contributed by atoms with E-state index in [0.29, 0.717) is 6.04 Å². The zero-order chi connectivity index (χ0) is 11.8. The molecule has 0 bridgehead atoms. The molecule has 1 N–H and O–H groups in total. The summed E-state index contributed by atoms with van der Waals surface area (Å²) in [5, 5.41) is 3.17. The Hall–Kier alpha value is -0.380. The van der Waals surface area contributed by atoms with Crippen molar-refractivity contribution in [1.29, 1.82) is 0 Å². The van der Waals surface area contributed by atoms with Crippen LogP contribution in [0.2, 0.25) is 0 Å². The van der Waals surface area contributed by atoms with Gasteiger partial charge in [-0.15, -0.1) is 0 Å². The summed E-state index contributed by atoms with van der Waals surface area (Å²) in [6, 6.07) is 0.459. The van der Waals surface area contributed by atoms with Crippen molar-refractivity contribution in [1.82, 2.24) is 10.2 Å². The first kappa shape index (κ1) is 13.7. The molecule has 1 rings (SSSR count). The van der Waals surface area contributed by atoms with Gasteiger partial charge in [0.15, 0.2) is 0 Å². The molecule has 16 heavy (non-hydrogen) atoms. The van der Waals surface area contributed by atoms with Gasteiger partial charge in [0.25, 0.3) is 0 Å². The molecule has 1 aliphatic rings. The first-order valence-corrected chi connectivity index (χ1v) is 6.35. The van der Waals surface area contributed by atoms with E-state index in [2.05, 4.69) is 30.1 Å². The summed E-state index contributed by atoms with van der Waals surface area (Å²) in [6.07, 6.45) is 4.72. The number of nitrogens with zero attached hydrogens (tertiary/aromatic N) is 1. The van der Waals surface area contributed by atoms with Crippen LogP contribution >= 0.6 is 0 Å². The van der Waals surface area contributed by atoms with Crippen LogP contribution in [0.1, 0.15) is 26.7 Å². The summed E-state index contributed by atoms with van der Waals surface area (Å²) in [5.41, 5.74) is 1.54. The fraction of sp³-hybridized carbons (Fsp3) is 0.846. The molecule has 3 heteroatoms. The molecule has 0 radical (unpaired) electrons. The van der Waals surface area contributed by atoms with Gasteiger partial charge in [0.2, 0.25) is 0 Å². The molecule has 0 fully saturated rings. The summed E-state index contributed by atoms with van der Waals surface area (Å²) >= 11 is 0. The van der Waals surface area contributed by atoms with Crippen molar-refractivity contribution in [3.8, 4) is 0 Å². The van der Waals surface area contributed by atoms with E-state index in [1.54, 1.807) is 0 Å². The number of ether oxygens (including phenoxy) is 1. The van der Waals surface area contributed by atoms with E-state index < -0.39 is 0 Å². The van der Waals surface area contributed by atoms with Crippen molar-refractivity contribution in [2.24, 2.45) is 0 Å². The van der Waals surface area contributed by atoms with Gasteiger partial charge in [-0.05, 0) is 33.7 Å². The molecule has 1 unspecified atom stereocenters. The lowest BCUT2D eigenvalue weighted by Gasteiger charge is -2.25. The Balaban J connectivity index is 1.95. The maximum Gasteiger partial charge on any atom is 0.0616 e. The normalized spacial score (nSPS) is 19.6. The summed E-state index contributed by atoms with van der Waals surface area (Å²) in [5.74, 6) is 0. The number of nitrogens with one attached hydrogen (secondary N) is 1. The molecule has 0 saturated carbocycles. The van der Waals surface area contributed by atoms with E-state index in [1.807, 2.05) is 7.05 Å². The third-order valence-corrected chi connectivity index (χ3v) is 3.14. The van der Waals surface area contributed by atoms with E-state index in [-0.39, 0.29) is 0 Å². The summed E-state index contributed by atoms with van der Waals surface area (Å²) in [4.78, 5) is 2.50. The van der Waals surface area contributed by atoms with Crippen molar-refractivity contribution in [2.45, 2.75) is 32.7 Å². The van der Waals surface area contributed by atoms with Crippen LogP contribution in [0.3, 0.4) is 0 Å². The van der Waals surface area contributed by atoms with Gasteiger partial charge in [-0.2, -0.15) is 0 Å². The fourth-order valence-corrected chi connectivity index (χ4v) is 1.75. The molecule has 0 aliphatic carbocycles. The highest BCUT2D eigenvalue weighted by atomic mass is 16.5. The first-order valence-electron chi connectivity index (χ1n) is 6.35. The number of hydrogen-bond donors (Lipinski definition) is 1. The Bertz CT molecular complexity index is 216. The molecular weight excluding hydrogens is 200 g/mol. The Kier molecular flexibility index (Phi) is 6.69. The monoisotopic (exact) mass is 226 g/mol. The van der Waals surface area contributed by atoms with Crippen molar-refractivity contribution in [2.75, 3.05) is 39.9 Å². The standard InChI is InChI=1S/C13H26N2O/c1-12-5-8-15(9-6-12)7-4-10-16-11-13(2)14-3/h5,13-14H,4,6-11H2,1-3H3. The maximum absolute atomic E-state index is 5.59. The molecule has 3 nitrogen and oxygen atoms in total. The Morgan fingerprint density at radius 2 is 2.38 bits per heavy atom. The highest BCUT2D eigenvalue weighted by Gasteiger charge is 2.08. The molecule has 0 saturated heterocycles. The van der Waals surface area contributed by atoms with E-state index in [1.165, 1.54) is 18.5 Å². The predicted octanol–water partition coefficient (Wildman–Crippen LogP) is 1.65. The summed E-state index contributed by atoms with van der Waals surface area (Å²) < 4.78 is 5.59. The predicted molar refractivity (Wildman–Crippen MR) is 68.8 cm³/mol. The summed E-state index contributed by atoms with van der Waals surface area (Å²) in [6.45, 7) is 9.56. The van der Waals surface area contributed by atoms with Crippen LogP contribution in [0, 0.1) is 0 Å². The third-order valence-electron chi connectivity index (χ3n) is 3.14. The van der Waals surface area contributed by atoms with Crippen LogP contribution < -0.4 is 5.32 Å². The van der Waals surface area contributed by atoms with Gasteiger partial charge in [0.1, 0.15) is 0 Å². The minimum atomic E-state index is 0.459. The topological polar surface area (TPSA) is 24.5 Å². The van der Waals surface area contributed by atoms with Gasteiger partial charge in [0.05, 0.1) is 6.61 Å². The second-order valence-electron chi connectivity index (χ2n) is 4.72. The molecule has 0 amide bonds. The minimum Gasteiger partial charge on any atom is -0.380 e.